The molecule has 0 spiro atoms. The summed E-state index contributed by atoms with van der Waals surface area (Å²) in [6.07, 6.45) is 5.10. The van der Waals surface area contributed by atoms with Crippen LogP contribution in [-0.2, 0) is 11.2 Å². The molecule has 0 saturated carbocycles. The van der Waals surface area contributed by atoms with E-state index in [-0.39, 0.29) is 0 Å². The van der Waals surface area contributed by atoms with Crippen LogP contribution < -0.4 is 20.1 Å². The van der Waals surface area contributed by atoms with Crippen molar-refractivity contribution in [2.75, 3.05) is 26.3 Å². The van der Waals surface area contributed by atoms with Gasteiger partial charge in [-0.25, -0.2) is 0 Å². The summed E-state index contributed by atoms with van der Waals surface area (Å²) in [4.78, 5) is 4.76. The normalized spacial score (nSPS) is 24.1. The van der Waals surface area contributed by atoms with Crippen LogP contribution in [0.4, 0.5) is 0 Å². The van der Waals surface area contributed by atoms with E-state index in [1.807, 2.05) is 19.9 Å². The average Bonchev–Trinajstić information content (AvgIpc) is 3.27. The number of benzene rings is 1. The molecule has 2 aliphatic rings. The van der Waals surface area contributed by atoms with Gasteiger partial charge in [0.05, 0.1) is 31.5 Å². The van der Waals surface area contributed by atoms with Gasteiger partial charge in [-0.15, -0.1) is 0 Å². The number of aliphatic imine (C=N–C) groups is 1. The van der Waals surface area contributed by atoms with E-state index < -0.39 is 0 Å². The van der Waals surface area contributed by atoms with Crippen molar-refractivity contribution in [3.63, 3.8) is 0 Å². The minimum atomic E-state index is 0.346. The lowest BCUT2D eigenvalue weighted by Gasteiger charge is -2.22. The molecule has 2 N–H and O–H groups in total. The Balaban J connectivity index is 1.57. The van der Waals surface area contributed by atoms with Crippen LogP contribution in [0.2, 0.25) is 0 Å². The zero-order chi connectivity index (χ0) is 19.1. The molecule has 2 bridgehead atoms. The quantitative estimate of drug-likeness (QED) is 0.513. The van der Waals surface area contributed by atoms with Gasteiger partial charge in [-0.2, -0.15) is 0 Å². The summed E-state index contributed by atoms with van der Waals surface area (Å²) in [5.41, 5.74) is 1.20. The van der Waals surface area contributed by atoms with E-state index in [9.17, 15) is 0 Å². The fraction of sp³-hybridized carbons (Fsp3) is 0.667. The lowest BCUT2D eigenvalue weighted by Crippen LogP contribution is -2.47. The molecule has 150 valence electrons. The molecule has 2 fully saturated rings. The largest absolute Gasteiger partial charge is 0.490 e. The molecule has 2 heterocycles. The van der Waals surface area contributed by atoms with E-state index in [2.05, 4.69) is 29.7 Å². The number of nitrogens with one attached hydrogen (secondary N) is 2. The van der Waals surface area contributed by atoms with Gasteiger partial charge in [0, 0.05) is 13.1 Å². The minimum absolute atomic E-state index is 0.346. The first kappa shape index (κ1) is 19.8. The van der Waals surface area contributed by atoms with Crippen LogP contribution >= 0.6 is 0 Å². The highest BCUT2D eigenvalue weighted by atomic mass is 16.5. The molecule has 6 nitrogen and oxygen atoms in total. The standard InChI is InChI=1S/C21H33N3O3/c1-4-22-21(24-17-14-16-8-10-18(17)27-16)23-12-11-15-7-9-19(25-5-2)20(13-15)26-6-3/h7,9,13,16-18H,4-6,8,10-12,14H2,1-3H3,(H2,22,23,24). The zero-order valence-corrected chi connectivity index (χ0v) is 16.8. The number of ether oxygens (including phenoxy) is 3. The topological polar surface area (TPSA) is 64.1 Å². The Morgan fingerprint density at radius 2 is 1.96 bits per heavy atom. The second kappa shape index (κ2) is 9.83. The van der Waals surface area contributed by atoms with Crippen molar-refractivity contribution < 1.29 is 14.2 Å². The summed E-state index contributed by atoms with van der Waals surface area (Å²) in [7, 11) is 0. The van der Waals surface area contributed by atoms with E-state index in [0.717, 1.165) is 49.8 Å². The molecule has 27 heavy (non-hydrogen) atoms. The Kier molecular flexibility index (Phi) is 7.21. The Morgan fingerprint density at radius 1 is 1.15 bits per heavy atom. The van der Waals surface area contributed by atoms with Crippen molar-refractivity contribution in [3.8, 4) is 11.5 Å². The monoisotopic (exact) mass is 375 g/mol. The van der Waals surface area contributed by atoms with Crippen molar-refractivity contribution in [1.29, 1.82) is 0 Å². The first-order valence-corrected chi connectivity index (χ1v) is 10.3. The Labute approximate surface area is 162 Å². The van der Waals surface area contributed by atoms with E-state index in [1.54, 1.807) is 0 Å². The van der Waals surface area contributed by atoms with Gasteiger partial charge in [-0.3, -0.25) is 4.99 Å². The molecule has 6 heteroatoms. The molecule has 3 atom stereocenters. The van der Waals surface area contributed by atoms with Crippen LogP contribution in [0.25, 0.3) is 0 Å². The third-order valence-electron chi connectivity index (χ3n) is 5.05. The van der Waals surface area contributed by atoms with Crippen molar-refractivity contribution in [2.45, 2.75) is 64.7 Å². The van der Waals surface area contributed by atoms with Crippen molar-refractivity contribution >= 4 is 5.96 Å². The molecule has 0 aromatic heterocycles. The first-order valence-electron chi connectivity index (χ1n) is 10.3. The second-order valence-electron chi connectivity index (χ2n) is 7.02. The molecule has 3 unspecified atom stereocenters. The van der Waals surface area contributed by atoms with E-state index in [0.29, 0.717) is 31.5 Å². The molecule has 2 saturated heterocycles. The number of rotatable bonds is 9. The predicted octanol–water partition coefficient (Wildman–Crippen LogP) is 2.90. The summed E-state index contributed by atoms with van der Waals surface area (Å²) in [6.45, 7) is 8.89. The van der Waals surface area contributed by atoms with Crippen LogP contribution in [0.1, 0.15) is 45.6 Å². The van der Waals surface area contributed by atoms with Gasteiger partial charge in [-0.05, 0) is 64.2 Å². The van der Waals surface area contributed by atoms with Crippen LogP contribution in [-0.4, -0.2) is 50.5 Å². The summed E-state index contributed by atoms with van der Waals surface area (Å²) in [5.74, 6) is 2.50. The Bertz CT molecular complexity index is 635. The van der Waals surface area contributed by atoms with Gasteiger partial charge in [0.25, 0.3) is 0 Å². The van der Waals surface area contributed by atoms with Crippen LogP contribution in [0.5, 0.6) is 11.5 Å². The molecule has 1 aromatic rings. The van der Waals surface area contributed by atoms with Crippen molar-refractivity contribution in [2.24, 2.45) is 4.99 Å². The number of nitrogens with zero attached hydrogens (tertiary/aromatic N) is 1. The summed E-state index contributed by atoms with van der Waals surface area (Å²) < 4.78 is 17.3. The molecule has 3 rings (SSSR count). The fourth-order valence-electron chi connectivity index (χ4n) is 3.83. The summed E-state index contributed by atoms with van der Waals surface area (Å²) in [5, 5.41) is 6.91. The third-order valence-corrected chi connectivity index (χ3v) is 5.05. The van der Waals surface area contributed by atoms with E-state index >= 15 is 0 Å². The van der Waals surface area contributed by atoms with Crippen LogP contribution in [0.3, 0.4) is 0 Å². The van der Waals surface area contributed by atoms with Crippen LogP contribution in [0.15, 0.2) is 23.2 Å². The number of fused-ring (bicyclic) bond motifs is 2. The minimum Gasteiger partial charge on any atom is -0.490 e. The lowest BCUT2D eigenvalue weighted by molar-refractivity contribution is 0.0992. The fourth-order valence-corrected chi connectivity index (χ4v) is 3.83. The van der Waals surface area contributed by atoms with E-state index in [1.165, 1.54) is 12.0 Å². The summed E-state index contributed by atoms with van der Waals surface area (Å²) >= 11 is 0. The predicted molar refractivity (Wildman–Crippen MR) is 108 cm³/mol. The highest BCUT2D eigenvalue weighted by molar-refractivity contribution is 5.80. The van der Waals surface area contributed by atoms with E-state index in [4.69, 9.17) is 19.2 Å². The highest BCUT2D eigenvalue weighted by Gasteiger charge is 2.41. The molecule has 0 amide bonds. The van der Waals surface area contributed by atoms with Crippen molar-refractivity contribution in [3.05, 3.63) is 23.8 Å². The molecular weight excluding hydrogens is 342 g/mol. The molecule has 2 aliphatic heterocycles. The highest BCUT2D eigenvalue weighted by Crippen LogP contribution is 2.34. The van der Waals surface area contributed by atoms with Gasteiger partial charge < -0.3 is 24.8 Å². The van der Waals surface area contributed by atoms with Gasteiger partial charge in [0.15, 0.2) is 17.5 Å². The maximum absolute atomic E-state index is 5.93. The summed E-state index contributed by atoms with van der Waals surface area (Å²) in [6, 6.07) is 6.53. The Morgan fingerprint density at radius 3 is 2.63 bits per heavy atom. The number of hydrogen-bond donors (Lipinski definition) is 2. The number of guanidine groups is 1. The Hall–Kier alpha value is -1.95. The molecule has 0 radical (unpaired) electrons. The smallest absolute Gasteiger partial charge is 0.191 e. The third kappa shape index (κ3) is 5.28. The number of hydrogen-bond acceptors (Lipinski definition) is 4. The first-order chi connectivity index (χ1) is 13.2. The van der Waals surface area contributed by atoms with Crippen molar-refractivity contribution in [1.82, 2.24) is 10.6 Å². The molecular formula is C21H33N3O3. The molecule has 0 aliphatic carbocycles. The zero-order valence-electron chi connectivity index (χ0n) is 16.8. The maximum Gasteiger partial charge on any atom is 0.191 e. The van der Waals surface area contributed by atoms with Gasteiger partial charge in [0.1, 0.15) is 0 Å². The average molecular weight is 376 g/mol. The second-order valence-corrected chi connectivity index (χ2v) is 7.02. The lowest BCUT2D eigenvalue weighted by atomic mass is 9.96. The van der Waals surface area contributed by atoms with Gasteiger partial charge in [-0.1, -0.05) is 6.07 Å². The molecule has 1 aromatic carbocycles. The maximum atomic E-state index is 5.93. The van der Waals surface area contributed by atoms with Gasteiger partial charge in [0.2, 0.25) is 0 Å². The SMILES string of the molecule is CCNC(=NCCc1ccc(OCC)c(OCC)c1)NC1CC2CCC1O2. The van der Waals surface area contributed by atoms with Gasteiger partial charge >= 0.3 is 0 Å². The van der Waals surface area contributed by atoms with Crippen LogP contribution in [0, 0.1) is 0 Å².